The number of rotatable bonds is 5. The van der Waals surface area contributed by atoms with Gasteiger partial charge >= 0.3 is 0 Å². The van der Waals surface area contributed by atoms with E-state index < -0.39 is 0 Å². The highest BCUT2D eigenvalue weighted by atomic mass is 79.9. The molecule has 0 saturated carbocycles. The van der Waals surface area contributed by atoms with Crippen molar-refractivity contribution in [2.24, 2.45) is 5.73 Å². The fourth-order valence-electron chi connectivity index (χ4n) is 2.51. The number of aromatic nitrogens is 2. The van der Waals surface area contributed by atoms with Crippen LogP contribution in [-0.4, -0.2) is 54.5 Å². The van der Waals surface area contributed by atoms with E-state index in [4.69, 9.17) is 5.73 Å². The molecule has 0 amide bonds. The van der Waals surface area contributed by atoms with Crippen molar-refractivity contribution in [1.82, 2.24) is 14.7 Å². The second-order valence-electron chi connectivity index (χ2n) is 5.40. The highest BCUT2D eigenvalue weighted by molar-refractivity contribution is 9.10. The summed E-state index contributed by atoms with van der Waals surface area (Å²) in [5, 5.41) is 4.29. The minimum Gasteiger partial charge on any atom is -0.365 e. The molecular weight excluding hydrogens is 322 g/mol. The van der Waals surface area contributed by atoms with Gasteiger partial charge in [-0.1, -0.05) is 0 Å². The SMILES string of the molecule is CN(C)CCn1ncc(N2CCCC2CN)c(Br)c1=O. The van der Waals surface area contributed by atoms with Crippen molar-refractivity contribution in [1.29, 1.82) is 0 Å². The predicted octanol–water partition coefficient (Wildman–Crippen LogP) is 0.495. The molecule has 1 unspecified atom stereocenters. The Kier molecular flexibility index (Phi) is 5.17. The van der Waals surface area contributed by atoms with E-state index in [0.29, 0.717) is 23.6 Å². The first-order valence-electron chi connectivity index (χ1n) is 6.91. The van der Waals surface area contributed by atoms with Gasteiger partial charge in [0.25, 0.3) is 5.56 Å². The van der Waals surface area contributed by atoms with Crippen LogP contribution in [-0.2, 0) is 6.54 Å². The van der Waals surface area contributed by atoms with Gasteiger partial charge in [-0.2, -0.15) is 5.10 Å². The number of hydrogen-bond donors (Lipinski definition) is 1. The zero-order valence-electron chi connectivity index (χ0n) is 12.0. The van der Waals surface area contributed by atoms with Crippen LogP contribution < -0.4 is 16.2 Å². The highest BCUT2D eigenvalue weighted by Crippen LogP contribution is 2.28. The van der Waals surface area contributed by atoms with Crippen molar-refractivity contribution >= 4 is 21.6 Å². The molecule has 1 aliphatic heterocycles. The van der Waals surface area contributed by atoms with E-state index in [1.807, 2.05) is 19.0 Å². The third-order valence-corrected chi connectivity index (χ3v) is 4.43. The Bertz CT molecular complexity index is 516. The monoisotopic (exact) mass is 343 g/mol. The summed E-state index contributed by atoms with van der Waals surface area (Å²) in [5.41, 5.74) is 6.58. The Balaban J connectivity index is 2.24. The first-order chi connectivity index (χ1) is 9.54. The molecule has 1 saturated heterocycles. The van der Waals surface area contributed by atoms with Gasteiger partial charge in [-0.25, -0.2) is 4.68 Å². The summed E-state index contributed by atoms with van der Waals surface area (Å²) < 4.78 is 2.09. The molecule has 0 bridgehead atoms. The van der Waals surface area contributed by atoms with Gasteiger partial charge in [-0.05, 0) is 42.9 Å². The molecule has 20 heavy (non-hydrogen) atoms. The highest BCUT2D eigenvalue weighted by Gasteiger charge is 2.26. The third kappa shape index (κ3) is 3.21. The summed E-state index contributed by atoms with van der Waals surface area (Å²) in [7, 11) is 3.95. The maximum Gasteiger partial charge on any atom is 0.283 e. The van der Waals surface area contributed by atoms with Crippen molar-refractivity contribution in [2.45, 2.75) is 25.4 Å². The van der Waals surface area contributed by atoms with Gasteiger partial charge in [0, 0.05) is 25.7 Å². The molecule has 0 spiro atoms. The van der Waals surface area contributed by atoms with Crippen LogP contribution in [0.4, 0.5) is 5.69 Å². The lowest BCUT2D eigenvalue weighted by molar-refractivity contribution is 0.367. The number of halogens is 1. The van der Waals surface area contributed by atoms with E-state index >= 15 is 0 Å². The van der Waals surface area contributed by atoms with Gasteiger partial charge in [0.1, 0.15) is 4.47 Å². The Hall–Kier alpha value is -0.920. The lowest BCUT2D eigenvalue weighted by atomic mass is 10.2. The van der Waals surface area contributed by atoms with Gasteiger partial charge in [-0.3, -0.25) is 4.79 Å². The fraction of sp³-hybridized carbons (Fsp3) is 0.692. The number of likely N-dealkylation sites (N-methyl/N-ethyl adjacent to an activating group) is 1. The van der Waals surface area contributed by atoms with E-state index in [0.717, 1.165) is 31.6 Å². The van der Waals surface area contributed by atoms with Crippen molar-refractivity contribution in [3.8, 4) is 0 Å². The molecule has 7 heteroatoms. The molecular formula is C13H22BrN5O. The molecule has 112 valence electrons. The summed E-state index contributed by atoms with van der Waals surface area (Å²) in [6.07, 6.45) is 3.96. The maximum atomic E-state index is 12.3. The molecule has 1 atom stereocenters. The maximum absolute atomic E-state index is 12.3. The smallest absolute Gasteiger partial charge is 0.283 e. The van der Waals surface area contributed by atoms with E-state index in [-0.39, 0.29) is 5.56 Å². The van der Waals surface area contributed by atoms with E-state index in [1.165, 1.54) is 4.68 Å². The Morgan fingerprint density at radius 1 is 1.55 bits per heavy atom. The van der Waals surface area contributed by atoms with Gasteiger partial charge < -0.3 is 15.5 Å². The average molecular weight is 344 g/mol. The average Bonchev–Trinajstić information content (AvgIpc) is 2.88. The van der Waals surface area contributed by atoms with Gasteiger partial charge in [0.2, 0.25) is 0 Å². The van der Waals surface area contributed by atoms with Crippen LogP contribution in [0.25, 0.3) is 0 Å². The first kappa shape index (κ1) is 15.5. The van der Waals surface area contributed by atoms with Crippen LogP contribution in [0.3, 0.4) is 0 Å². The molecule has 1 aliphatic rings. The number of nitrogens with zero attached hydrogens (tertiary/aromatic N) is 4. The summed E-state index contributed by atoms with van der Waals surface area (Å²) >= 11 is 3.44. The van der Waals surface area contributed by atoms with Gasteiger partial charge in [-0.15, -0.1) is 0 Å². The molecule has 0 radical (unpaired) electrons. The van der Waals surface area contributed by atoms with Crippen LogP contribution in [0.2, 0.25) is 0 Å². The lowest BCUT2D eigenvalue weighted by Gasteiger charge is -2.26. The van der Waals surface area contributed by atoms with E-state index in [1.54, 1.807) is 6.20 Å². The lowest BCUT2D eigenvalue weighted by Crippen LogP contribution is -2.37. The van der Waals surface area contributed by atoms with Crippen LogP contribution in [0.1, 0.15) is 12.8 Å². The second kappa shape index (κ2) is 6.69. The predicted molar refractivity (Wildman–Crippen MR) is 84.2 cm³/mol. The molecule has 0 aromatic carbocycles. The van der Waals surface area contributed by atoms with E-state index in [9.17, 15) is 4.79 Å². The molecule has 2 rings (SSSR count). The van der Waals surface area contributed by atoms with E-state index in [2.05, 4.69) is 25.9 Å². The van der Waals surface area contributed by atoms with Gasteiger partial charge in [0.15, 0.2) is 0 Å². The quantitative estimate of drug-likeness (QED) is 0.842. The number of anilines is 1. The Morgan fingerprint density at radius 3 is 2.95 bits per heavy atom. The molecule has 1 fully saturated rings. The summed E-state index contributed by atoms with van der Waals surface area (Å²) in [6.45, 7) is 2.91. The summed E-state index contributed by atoms with van der Waals surface area (Å²) in [5.74, 6) is 0. The largest absolute Gasteiger partial charge is 0.365 e. The minimum atomic E-state index is -0.0768. The molecule has 0 aliphatic carbocycles. The number of nitrogens with two attached hydrogens (primary N) is 1. The first-order valence-corrected chi connectivity index (χ1v) is 7.71. The van der Waals surface area contributed by atoms with Crippen LogP contribution >= 0.6 is 15.9 Å². The summed E-state index contributed by atoms with van der Waals surface area (Å²) in [4.78, 5) is 16.5. The topological polar surface area (TPSA) is 67.4 Å². The Morgan fingerprint density at radius 2 is 2.30 bits per heavy atom. The standard InChI is InChI=1S/C13H22BrN5O/c1-17(2)6-7-19-13(20)12(14)11(9-16-19)18-5-3-4-10(18)8-15/h9-10H,3-8,15H2,1-2H3. The van der Waals surface area contributed by atoms with Crippen LogP contribution in [0.5, 0.6) is 0 Å². The molecule has 1 aromatic rings. The Labute approximate surface area is 127 Å². The summed E-state index contributed by atoms with van der Waals surface area (Å²) in [6, 6.07) is 0.310. The number of hydrogen-bond acceptors (Lipinski definition) is 5. The zero-order valence-corrected chi connectivity index (χ0v) is 13.6. The third-order valence-electron chi connectivity index (χ3n) is 3.68. The fourth-order valence-corrected chi connectivity index (χ4v) is 3.04. The minimum absolute atomic E-state index is 0.0768. The van der Waals surface area contributed by atoms with Crippen molar-refractivity contribution < 1.29 is 0 Å². The normalized spacial score (nSPS) is 19.1. The molecule has 1 aromatic heterocycles. The molecule has 6 nitrogen and oxygen atoms in total. The van der Waals surface area contributed by atoms with Crippen LogP contribution in [0, 0.1) is 0 Å². The zero-order chi connectivity index (χ0) is 14.7. The molecule has 2 heterocycles. The van der Waals surface area contributed by atoms with Crippen molar-refractivity contribution in [3.05, 3.63) is 21.0 Å². The van der Waals surface area contributed by atoms with Crippen molar-refractivity contribution in [3.63, 3.8) is 0 Å². The van der Waals surface area contributed by atoms with Crippen molar-refractivity contribution in [2.75, 3.05) is 38.6 Å². The van der Waals surface area contributed by atoms with Crippen LogP contribution in [0.15, 0.2) is 15.5 Å². The molecule has 2 N–H and O–H groups in total. The second-order valence-corrected chi connectivity index (χ2v) is 6.19. The van der Waals surface area contributed by atoms with Gasteiger partial charge in [0.05, 0.1) is 18.4 Å².